The maximum absolute atomic E-state index is 12.2. The van der Waals surface area contributed by atoms with Crippen molar-refractivity contribution in [2.75, 3.05) is 13.3 Å². The molecular formula is C13H21N3OS. The lowest BCUT2D eigenvalue weighted by Gasteiger charge is -2.28. The zero-order chi connectivity index (χ0) is 13.1. The van der Waals surface area contributed by atoms with Crippen LogP contribution in [0.15, 0.2) is 6.07 Å². The van der Waals surface area contributed by atoms with Gasteiger partial charge in [0.25, 0.3) is 0 Å². The molecule has 1 fully saturated rings. The molecule has 1 heterocycles. The van der Waals surface area contributed by atoms with Crippen LogP contribution in [0.4, 0.5) is 0 Å². The second-order valence-corrected chi connectivity index (χ2v) is 6.07. The number of carbonyl (C=O) groups is 1. The van der Waals surface area contributed by atoms with Crippen LogP contribution in [0.25, 0.3) is 0 Å². The monoisotopic (exact) mass is 267 g/mol. The molecule has 4 nitrogen and oxygen atoms in total. The van der Waals surface area contributed by atoms with Gasteiger partial charge in [-0.2, -0.15) is 16.9 Å². The number of hydrogen-bond donors (Lipinski definition) is 1. The van der Waals surface area contributed by atoms with Crippen molar-refractivity contribution >= 4 is 17.7 Å². The summed E-state index contributed by atoms with van der Waals surface area (Å²) >= 11 is 1.88. The van der Waals surface area contributed by atoms with Crippen LogP contribution in [0.5, 0.6) is 0 Å². The number of carbonyl (C=O) groups excluding carboxylic acids is 1. The Hall–Kier alpha value is -0.970. The minimum Gasteiger partial charge on any atom is -0.341 e. The third-order valence-corrected chi connectivity index (χ3v) is 4.86. The zero-order valence-electron chi connectivity index (χ0n) is 11.3. The van der Waals surface area contributed by atoms with Crippen molar-refractivity contribution in [2.24, 2.45) is 0 Å². The van der Waals surface area contributed by atoms with E-state index in [1.807, 2.05) is 36.7 Å². The maximum atomic E-state index is 12.2. The van der Waals surface area contributed by atoms with Gasteiger partial charge in [-0.15, -0.1) is 0 Å². The molecule has 1 aliphatic rings. The lowest BCUT2D eigenvalue weighted by Crippen LogP contribution is -2.41. The first-order valence-electron chi connectivity index (χ1n) is 6.41. The number of hydrogen-bond acceptors (Lipinski definition) is 3. The van der Waals surface area contributed by atoms with Gasteiger partial charge in [0.1, 0.15) is 0 Å². The number of thioether (sulfide) groups is 1. The Kier molecular flexibility index (Phi) is 4.32. The molecule has 1 aliphatic carbocycles. The summed E-state index contributed by atoms with van der Waals surface area (Å²) in [7, 11) is 1.93. The van der Waals surface area contributed by atoms with Crippen LogP contribution in [0, 0.1) is 6.92 Å². The van der Waals surface area contributed by atoms with Gasteiger partial charge < -0.3 is 4.90 Å². The molecule has 18 heavy (non-hydrogen) atoms. The van der Waals surface area contributed by atoms with E-state index in [0.717, 1.165) is 17.8 Å². The zero-order valence-corrected chi connectivity index (χ0v) is 12.1. The molecule has 2 atom stereocenters. The third-order valence-electron chi connectivity index (χ3n) is 3.70. The Morgan fingerprint density at radius 1 is 1.61 bits per heavy atom. The second-order valence-electron chi connectivity index (χ2n) is 5.00. The molecule has 1 amide bonds. The molecule has 0 radical (unpaired) electrons. The standard InChI is InChI=1S/C13H21N3OS/c1-9-7-10(15-14-9)8-13(17)16(2)11-5-4-6-12(11)18-3/h7,11-12H,4-6,8H2,1-3H3,(H,14,15)/t11-,12-/m0/s1. The van der Waals surface area contributed by atoms with Crippen molar-refractivity contribution in [1.29, 1.82) is 0 Å². The number of likely N-dealkylation sites (N-methyl/N-ethyl adjacent to an activating group) is 1. The van der Waals surface area contributed by atoms with Crippen LogP contribution in [0.2, 0.25) is 0 Å². The summed E-state index contributed by atoms with van der Waals surface area (Å²) in [6.45, 7) is 1.95. The van der Waals surface area contributed by atoms with E-state index in [9.17, 15) is 4.79 Å². The summed E-state index contributed by atoms with van der Waals surface area (Å²) in [6.07, 6.45) is 6.13. The minimum atomic E-state index is 0.174. The SMILES string of the molecule is CS[C@H]1CCC[C@@H]1N(C)C(=O)Cc1cc(C)[nH]n1. The molecule has 1 aromatic heterocycles. The average molecular weight is 267 g/mol. The number of H-pyrrole nitrogens is 1. The number of amides is 1. The van der Waals surface area contributed by atoms with E-state index in [-0.39, 0.29) is 5.91 Å². The molecule has 100 valence electrons. The van der Waals surface area contributed by atoms with Crippen LogP contribution in [-0.2, 0) is 11.2 Å². The van der Waals surface area contributed by atoms with Crippen molar-refractivity contribution in [3.63, 3.8) is 0 Å². The molecule has 0 aliphatic heterocycles. The van der Waals surface area contributed by atoms with Gasteiger partial charge >= 0.3 is 0 Å². The Morgan fingerprint density at radius 3 is 3.00 bits per heavy atom. The fourth-order valence-electron chi connectivity index (χ4n) is 2.65. The highest BCUT2D eigenvalue weighted by atomic mass is 32.2. The molecular weight excluding hydrogens is 246 g/mol. The number of nitrogens with one attached hydrogen (secondary N) is 1. The fourth-order valence-corrected chi connectivity index (χ4v) is 3.69. The van der Waals surface area contributed by atoms with Crippen LogP contribution >= 0.6 is 11.8 Å². The van der Waals surface area contributed by atoms with E-state index in [1.54, 1.807) is 0 Å². The summed E-state index contributed by atoms with van der Waals surface area (Å²) in [6, 6.07) is 2.33. The molecule has 0 spiro atoms. The lowest BCUT2D eigenvalue weighted by molar-refractivity contribution is -0.131. The van der Waals surface area contributed by atoms with Crippen LogP contribution in [0.1, 0.15) is 30.7 Å². The predicted octanol–water partition coefficient (Wildman–Crippen LogP) is 2.00. The van der Waals surface area contributed by atoms with Gasteiger partial charge in [-0.3, -0.25) is 9.89 Å². The second kappa shape index (κ2) is 5.78. The number of aromatic amines is 1. The smallest absolute Gasteiger partial charge is 0.228 e. The summed E-state index contributed by atoms with van der Waals surface area (Å²) in [5.74, 6) is 0.174. The Balaban J connectivity index is 1.96. The minimum absolute atomic E-state index is 0.174. The lowest BCUT2D eigenvalue weighted by atomic mass is 10.2. The largest absolute Gasteiger partial charge is 0.341 e. The highest BCUT2D eigenvalue weighted by Gasteiger charge is 2.32. The first kappa shape index (κ1) is 13.5. The van der Waals surface area contributed by atoms with Crippen molar-refractivity contribution in [3.05, 3.63) is 17.5 Å². The summed E-state index contributed by atoms with van der Waals surface area (Å²) < 4.78 is 0. The van der Waals surface area contributed by atoms with Crippen LogP contribution in [0.3, 0.4) is 0 Å². The maximum Gasteiger partial charge on any atom is 0.228 e. The van der Waals surface area contributed by atoms with Gasteiger partial charge in [-0.1, -0.05) is 6.42 Å². The van der Waals surface area contributed by atoms with E-state index in [2.05, 4.69) is 16.5 Å². The number of aryl methyl sites for hydroxylation is 1. The molecule has 0 unspecified atom stereocenters. The highest BCUT2D eigenvalue weighted by Crippen LogP contribution is 2.31. The topological polar surface area (TPSA) is 49.0 Å². The molecule has 0 aromatic carbocycles. The van der Waals surface area contributed by atoms with E-state index < -0.39 is 0 Å². The Morgan fingerprint density at radius 2 is 2.39 bits per heavy atom. The molecule has 1 saturated carbocycles. The summed E-state index contributed by atoms with van der Waals surface area (Å²) in [5, 5.41) is 7.60. The van der Waals surface area contributed by atoms with Crippen LogP contribution in [-0.4, -0.2) is 45.6 Å². The van der Waals surface area contributed by atoms with Crippen molar-refractivity contribution < 1.29 is 4.79 Å². The number of nitrogens with zero attached hydrogens (tertiary/aromatic N) is 2. The van der Waals surface area contributed by atoms with Crippen molar-refractivity contribution in [3.8, 4) is 0 Å². The Labute approximate surface area is 113 Å². The van der Waals surface area contributed by atoms with Gasteiger partial charge in [-0.05, 0) is 32.1 Å². The first-order valence-corrected chi connectivity index (χ1v) is 7.70. The van der Waals surface area contributed by atoms with E-state index in [1.165, 1.54) is 12.8 Å². The average Bonchev–Trinajstić information content (AvgIpc) is 2.96. The molecule has 5 heteroatoms. The van der Waals surface area contributed by atoms with E-state index in [0.29, 0.717) is 17.7 Å². The van der Waals surface area contributed by atoms with Crippen molar-refractivity contribution in [1.82, 2.24) is 15.1 Å². The normalized spacial score (nSPS) is 23.3. The van der Waals surface area contributed by atoms with Gasteiger partial charge in [0.15, 0.2) is 0 Å². The van der Waals surface area contributed by atoms with Gasteiger partial charge in [-0.25, -0.2) is 0 Å². The summed E-state index contributed by atoms with van der Waals surface area (Å²) in [5.41, 5.74) is 1.84. The van der Waals surface area contributed by atoms with E-state index in [4.69, 9.17) is 0 Å². The highest BCUT2D eigenvalue weighted by molar-refractivity contribution is 7.99. The van der Waals surface area contributed by atoms with Gasteiger partial charge in [0, 0.05) is 24.0 Å². The first-order chi connectivity index (χ1) is 8.61. The van der Waals surface area contributed by atoms with Crippen molar-refractivity contribution in [2.45, 2.75) is 43.9 Å². The molecule has 1 N–H and O–H groups in total. The Bertz CT molecular complexity index is 418. The molecule has 2 rings (SSSR count). The van der Waals surface area contributed by atoms with Crippen LogP contribution < -0.4 is 0 Å². The number of aromatic nitrogens is 2. The molecule has 0 saturated heterocycles. The predicted molar refractivity (Wildman–Crippen MR) is 74.7 cm³/mol. The fraction of sp³-hybridized carbons (Fsp3) is 0.692. The molecule has 0 bridgehead atoms. The number of rotatable bonds is 4. The van der Waals surface area contributed by atoms with Gasteiger partial charge in [0.05, 0.1) is 12.1 Å². The van der Waals surface area contributed by atoms with E-state index >= 15 is 0 Å². The van der Waals surface area contributed by atoms with Gasteiger partial charge in [0.2, 0.25) is 5.91 Å². The quantitative estimate of drug-likeness (QED) is 0.908. The summed E-state index contributed by atoms with van der Waals surface area (Å²) in [4.78, 5) is 14.2. The molecule has 1 aromatic rings. The third kappa shape index (κ3) is 2.88.